The lowest BCUT2D eigenvalue weighted by Crippen LogP contribution is -2.32. The third-order valence-corrected chi connectivity index (χ3v) is 7.22. The zero-order valence-corrected chi connectivity index (χ0v) is 21.4. The van der Waals surface area contributed by atoms with E-state index in [1.165, 1.54) is 4.90 Å². The summed E-state index contributed by atoms with van der Waals surface area (Å²) in [5.74, 6) is 0.472. The average Bonchev–Trinajstić information content (AvgIpc) is 3.46. The second-order valence-corrected chi connectivity index (χ2v) is 9.84. The monoisotopic (exact) mass is 534 g/mol. The Hall–Kier alpha value is -2.68. The number of amides is 3. The third kappa shape index (κ3) is 6.12. The van der Waals surface area contributed by atoms with Gasteiger partial charge in [-0.25, -0.2) is 0 Å². The zero-order valence-electron chi connectivity index (χ0n) is 19.1. The molecule has 10 heteroatoms. The van der Waals surface area contributed by atoms with Crippen LogP contribution in [0.15, 0.2) is 41.3 Å². The molecular formula is C25H24Cl2N2O5S. The molecule has 2 aromatic rings. The average molecular weight is 535 g/mol. The maximum absolute atomic E-state index is 12.9. The predicted octanol–water partition coefficient (Wildman–Crippen LogP) is 5.63. The Labute approximate surface area is 217 Å². The topological polar surface area (TPSA) is 76.1 Å². The normalized spacial score (nSPS) is 16.9. The van der Waals surface area contributed by atoms with Crippen LogP contribution in [0.1, 0.15) is 30.9 Å². The summed E-state index contributed by atoms with van der Waals surface area (Å²) in [4.78, 5) is 41.0. The fraction of sp³-hybridized carbons (Fsp3) is 0.320. The summed E-state index contributed by atoms with van der Waals surface area (Å²) in [6, 6.07) is 10.2. The number of carbonyl (C=O) groups is 3. The highest BCUT2D eigenvalue weighted by Crippen LogP contribution is 2.36. The van der Waals surface area contributed by atoms with Gasteiger partial charge in [-0.2, -0.15) is 0 Å². The van der Waals surface area contributed by atoms with E-state index in [-0.39, 0.29) is 30.2 Å². The van der Waals surface area contributed by atoms with Crippen LogP contribution in [0.3, 0.4) is 0 Å². The molecule has 184 valence electrons. The Morgan fingerprint density at radius 3 is 2.51 bits per heavy atom. The van der Waals surface area contributed by atoms with Crippen molar-refractivity contribution in [2.75, 3.05) is 26.3 Å². The molecule has 0 aromatic heterocycles. The first-order valence-corrected chi connectivity index (χ1v) is 12.8. The molecule has 2 saturated heterocycles. The lowest BCUT2D eigenvalue weighted by Gasteiger charge is -2.17. The van der Waals surface area contributed by atoms with Crippen molar-refractivity contribution in [2.45, 2.75) is 26.3 Å². The van der Waals surface area contributed by atoms with E-state index in [1.807, 2.05) is 6.92 Å². The summed E-state index contributed by atoms with van der Waals surface area (Å²) in [6.45, 7) is 3.81. The Kier molecular flexibility index (Phi) is 8.26. The fourth-order valence-electron chi connectivity index (χ4n) is 3.81. The first-order chi connectivity index (χ1) is 16.9. The van der Waals surface area contributed by atoms with E-state index in [9.17, 15) is 14.4 Å². The van der Waals surface area contributed by atoms with Gasteiger partial charge in [0.25, 0.3) is 17.1 Å². The summed E-state index contributed by atoms with van der Waals surface area (Å²) in [5.41, 5.74) is 1.37. The van der Waals surface area contributed by atoms with Gasteiger partial charge in [0.2, 0.25) is 0 Å². The van der Waals surface area contributed by atoms with Crippen LogP contribution < -0.4 is 9.47 Å². The van der Waals surface area contributed by atoms with E-state index in [0.29, 0.717) is 44.2 Å². The molecule has 3 amide bonds. The van der Waals surface area contributed by atoms with E-state index in [4.69, 9.17) is 32.7 Å². The number of carbonyl (C=O) groups excluding carboxylic acids is 3. The lowest BCUT2D eigenvalue weighted by molar-refractivity contribution is -0.132. The molecule has 0 spiro atoms. The summed E-state index contributed by atoms with van der Waals surface area (Å²) in [6.07, 6.45) is 3.67. The van der Waals surface area contributed by atoms with Crippen LogP contribution in [0.25, 0.3) is 6.08 Å². The second-order valence-electron chi connectivity index (χ2n) is 8.03. The van der Waals surface area contributed by atoms with Crippen molar-refractivity contribution in [3.8, 4) is 11.5 Å². The van der Waals surface area contributed by atoms with E-state index >= 15 is 0 Å². The number of nitrogens with zero attached hydrogens (tertiary/aromatic N) is 2. The number of imide groups is 1. The maximum atomic E-state index is 12.9. The van der Waals surface area contributed by atoms with Crippen LogP contribution in [0.4, 0.5) is 4.79 Å². The van der Waals surface area contributed by atoms with Gasteiger partial charge in [-0.3, -0.25) is 19.3 Å². The summed E-state index contributed by atoms with van der Waals surface area (Å²) >= 11 is 12.9. The zero-order chi connectivity index (χ0) is 24.9. The molecule has 0 unspecified atom stereocenters. The minimum absolute atomic E-state index is 0.0512. The predicted molar refractivity (Wildman–Crippen MR) is 137 cm³/mol. The van der Waals surface area contributed by atoms with Gasteiger partial charge in [0.1, 0.15) is 0 Å². The van der Waals surface area contributed by atoms with Crippen LogP contribution in [-0.4, -0.2) is 53.2 Å². The molecule has 7 nitrogen and oxygen atoms in total. The maximum Gasteiger partial charge on any atom is 0.293 e. The van der Waals surface area contributed by atoms with Gasteiger partial charge in [-0.05, 0) is 73.0 Å². The second kappa shape index (κ2) is 11.4. The molecule has 2 aromatic carbocycles. The molecule has 0 N–H and O–H groups in total. The molecule has 2 aliphatic rings. The molecule has 2 heterocycles. The van der Waals surface area contributed by atoms with Crippen LogP contribution in [0.2, 0.25) is 10.0 Å². The number of ether oxygens (including phenoxy) is 2. The quantitative estimate of drug-likeness (QED) is 0.408. The van der Waals surface area contributed by atoms with E-state index in [1.54, 1.807) is 47.4 Å². The van der Waals surface area contributed by atoms with Crippen molar-refractivity contribution in [3.05, 3.63) is 62.5 Å². The van der Waals surface area contributed by atoms with Crippen LogP contribution >= 0.6 is 35.0 Å². The molecular weight excluding hydrogens is 511 g/mol. The number of rotatable bonds is 8. The molecule has 2 fully saturated rings. The first kappa shape index (κ1) is 25.4. The Balaban J connectivity index is 1.47. The summed E-state index contributed by atoms with van der Waals surface area (Å²) in [7, 11) is 0. The Bertz CT molecular complexity index is 1180. The van der Waals surface area contributed by atoms with E-state index in [0.717, 1.165) is 37.7 Å². The highest BCUT2D eigenvalue weighted by molar-refractivity contribution is 8.18. The SMILES string of the molecule is CCOc1cc(/C=C2\SC(=O)N(Cc3ccc(Cl)c(Cl)c3)C2=O)ccc1OCC(=O)N1CCCC1. The molecule has 0 bridgehead atoms. The molecule has 35 heavy (non-hydrogen) atoms. The van der Waals surface area contributed by atoms with Crippen molar-refractivity contribution in [3.63, 3.8) is 0 Å². The highest BCUT2D eigenvalue weighted by atomic mass is 35.5. The number of benzene rings is 2. The molecule has 4 rings (SSSR count). The van der Waals surface area contributed by atoms with Gasteiger partial charge in [-0.15, -0.1) is 0 Å². The Morgan fingerprint density at radius 2 is 1.80 bits per heavy atom. The first-order valence-electron chi connectivity index (χ1n) is 11.2. The van der Waals surface area contributed by atoms with Crippen molar-refractivity contribution >= 4 is 58.1 Å². The van der Waals surface area contributed by atoms with Gasteiger partial charge in [0.05, 0.1) is 28.1 Å². The molecule has 0 saturated carbocycles. The number of thioether (sulfide) groups is 1. The third-order valence-electron chi connectivity index (χ3n) is 5.57. The summed E-state index contributed by atoms with van der Waals surface area (Å²) in [5, 5.41) is 0.402. The highest BCUT2D eigenvalue weighted by Gasteiger charge is 2.35. The van der Waals surface area contributed by atoms with Gasteiger partial charge in [-0.1, -0.05) is 35.3 Å². The van der Waals surface area contributed by atoms with Crippen molar-refractivity contribution in [1.82, 2.24) is 9.80 Å². The smallest absolute Gasteiger partial charge is 0.293 e. The number of hydrogen-bond donors (Lipinski definition) is 0. The van der Waals surface area contributed by atoms with Crippen molar-refractivity contribution in [1.29, 1.82) is 0 Å². The minimum Gasteiger partial charge on any atom is -0.490 e. The largest absolute Gasteiger partial charge is 0.490 e. The summed E-state index contributed by atoms with van der Waals surface area (Å²) < 4.78 is 11.4. The van der Waals surface area contributed by atoms with Crippen LogP contribution in [0, 0.1) is 0 Å². The minimum atomic E-state index is -0.388. The lowest BCUT2D eigenvalue weighted by atomic mass is 10.1. The standard InChI is InChI=1S/C25H24Cl2N2O5S/c1-2-33-21-12-16(6-8-20(21)34-15-23(30)28-9-3-4-10-28)13-22-24(31)29(25(32)35-22)14-17-5-7-18(26)19(27)11-17/h5-8,11-13H,2-4,9-10,14-15H2,1H3/b22-13-. The fourth-order valence-corrected chi connectivity index (χ4v) is 4.97. The van der Waals surface area contributed by atoms with Crippen LogP contribution in [-0.2, 0) is 16.1 Å². The van der Waals surface area contributed by atoms with Crippen molar-refractivity contribution in [2.24, 2.45) is 0 Å². The Morgan fingerprint density at radius 1 is 1.03 bits per heavy atom. The van der Waals surface area contributed by atoms with Crippen LogP contribution in [0.5, 0.6) is 11.5 Å². The molecule has 2 aliphatic heterocycles. The number of halogens is 2. The van der Waals surface area contributed by atoms with Gasteiger partial charge in [0, 0.05) is 13.1 Å². The van der Waals surface area contributed by atoms with E-state index in [2.05, 4.69) is 0 Å². The van der Waals surface area contributed by atoms with Gasteiger partial charge >= 0.3 is 0 Å². The molecule has 0 aliphatic carbocycles. The van der Waals surface area contributed by atoms with E-state index < -0.39 is 0 Å². The van der Waals surface area contributed by atoms with Gasteiger partial charge < -0.3 is 14.4 Å². The number of likely N-dealkylation sites (tertiary alicyclic amines) is 1. The molecule has 0 radical (unpaired) electrons. The number of hydrogen-bond acceptors (Lipinski definition) is 6. The molecule has 0 atom stereocenters. The van der Waals surface area contributed by atoms with Crippen molar-refractivity contribution < 1.29 is 23.9 Å². The van der Waals surface area contributed by atoms with Gasteiger partial charge in [0.15, 0.2) is 18.1 Å².